The Kier molecular flexibility index (Phi) is 4.49. The molecule has 1 aliphatic rings. The normalized spacial score (nSPS) is 18.9. The summed E-state index contributed by atoms with van der Waals surface area (Å²) in [4.78, 5) is 0.273. The van der Waals surface area contributed by atoms with Crippen LogP contribution in [-0.4, -0.2) is 13.2 Å². The molecule has 0 aliphatic carbocycles. The van der Waals surface area contributed by atoms with E-state index in [9.17, 15) is 0 Å². The van der Waals surface area contributed by atoms with Crippen molar-refractivity contribution in [3.05, 3.63) is 59.7 Å². The van der Waals surface area contributed by atoms with E-state index >= 15 is 0 Å². The van der Waals surface area contributed by atoms with Crippen LogP contribution in [0, 0.1) is 5.92 Å². The van der Waals surface area contributed by atoms with E-state index in [0.29, 0.717) is 19.1 Å². The summed E-state index contributed by atoms with van der Waals surface area (Å²) < 4.78 is 11.6. The molecule has 3 heteroatoms. The van der Waals surface area contributed by atoms with Crippen molar-refractivity contribution >= 4 is 15.9 Å². The summed E-state index contributed by atoms with van der Waals surface area (Å²) >= 11 is 3.79. The lowest BCUT2D eigenvalue weighted by Gasteiger charge is -2.13. The number of rotatable bonds is 3. The minimum atomic E-state index is 0.273. The molecule has 0 saturated heterocycles. The van der Waals surface area contributed by atoms with Gasteiger partial charge in [-0.15, -0.1) is 0 Å². The fourth-order valence-electron chi connectivity index (χ4n) is 2.40. The zero-order chi connectivity index (χ0) is 14.7. The number of benzene rings is 2. The van der Waals surface area contributed by atoms with Crippen molar-refractivity contribution in [3.8, 4) is 11.5 Å². The molecule has 1 heterocycles. The molecule has 2 atom stereocenters. The summed E-state index contributed by atoms with van der Waals surface area (Å²) in [6.45, 7) is 3.56. The Bertz CT molecular complexity index is 597. The van der Waals surface area contributed by atoms with E-state index in [1.54, 1.807) is 0 Å². The molecular formula is C18H19BrO2. The summed E-state index contributed by atoms with van der Waals surface area (Å²) in [7, 11) is 0. The fraction of sp³-hybridized carbons (Fsp3) is 0.333. The average molecular weight is 347 g/mol. The maximum absolute atomic E-state index is 5.86. The molecule has 0 aromatic heterocycles. The Morgan fingerprint density at radius 3 is 2.52 bits per heavy atom. The van der Waals surface area contributed by atoms with Crippen LogP contribution in [-0.2, 0) is 6.42 Å². The topological polar surface area (TPSA) is 18.5 Å². The molecule has 110 valence electrons. The highest BCUT2D eigenvalue weighted by atomic mass is 79.9. The summed E-state index contributed by atoms with van der Waals surface area (Å²) in [5.74, 6) is 2.13. The van der Waals surface area contributed by atoms with Crippen molar-refractivity contribution in [2.75, 3.05) is 13.2 Å². The zero-order valence-corrected chi connectivity index (χ0v) is 13.7. The second-order valence-electron chi connectivity index (χ2n) is 5.59. The third-order valence-corrected chi connectivity index (χ3v) is 4.49. The van der Waals surface area contributed by atoms with Gasteiger partial charge in [0.25, 0.3) is 0 Å². The number of fused-ring (bicyclic) bond motifs is 1. The zero-order valence-electron chi connectivity index (χ0n) is 12.1. The van der Waals surface area contributed by atoms with E-state index in [1.165, 1.54) is 11.1 Å². The van der Waals surface area contributed by atoms with Crippen LogP contribution in [0.5, 0.6) is 11.5 Å². The van der Waals surface area contributed by atoms with Crippen molar-refractivity contribution in [1.29, 1.82) is 0 Å². The number of hydrogen-bond acceptors (Lipinski definition) is 2. The summed E-state index contributed by atoms with van der Waals surface area (Å²) in [6.07, 6.45) is 0.955. The van der Waals surface area contributed by atoms with E-state index < -0.39 is 0 Å². The van der Waals surface area contributed by atoms with Crippen LogP contribution < -0.4 is 9.47 Å². The van der Waals surface area contributed by atoms with E-state index in [4.69, 9.17) is 9.47 Å². The molecule has 0 bridgehead atoms. The second kappa shape index (κ2) is 6.52. The van der Waals surface area contributed by atoms with Gasteiger partial charge >= 0.3 is 0 Å². The van der Waals surface area contributed by atoms with Crippen molar-refractivity contribution in [1.82, 2.24) is 0 Å². The lowest BCUT2D eigenvalue weighted by atomic mass is 10.0. The molecule has 2 aromatic carbocycles. The van der Waals surface area contributed by atoms with Crippen LogP contribution in [0.4, 0.5) is 0 Å². The first-order valence-corrected chi connectivity index (χ1v) is 8.21. The molecule has 0 N–H and O–H groups in total. The standard InChI is InChI=1S/C18H19BrO2/c1-13-11-20-17-8-7-15(10-18(17)21-12-13)16(19)9-14-5-3-2-4-6-14/h2-8,10,13,16H,9,11-12H2,1H3. The van der Waals surface area contributed by atoms with Gasteiger partial charge in [-0.1, -0.05) is 59.3 Å². The van der Waals surface area contributed by atoms with Gasteiger partial charge < -0.3 is 9.47 Å². The third-order valence-electron chi connectivity index (χ3n) is 3.63. The van der Waals surface area contributed by atoms with Crippen LogP contribution in [0.2, 0.25) is 0 Å². The molecule has 21 heavy (non-hydrogen) atoms. The van der Waals surface area contributed by atoms with Crippen LogP contribution in [0.15, 0.2) is 48.5 Å². The Hall–Kier alpha value is -1.48. The lowest BCUT2D eigenvalue weighted by Crippen LogP contribution is -2.12. The van der Waals surface area contributed by atoms with Gasteiger partial charge in [0.1, 0.15) is 0 Å². The Balaban J connectivity index is 1.77. The molecule has 0 radical (unpaired) electrons. The average Bonchev–Trinajstić information content (AvgIpc) is 2.70. The third kappa shape index (κ3) is 3.59. The molecule has 2 aromatic rings. The smallest absolute Gasteiger partial charge is 0.161 e. The molecule has 2 unspecified atom stereocenters. The molecule has 1 aliphatic heterocycles. The fourth-order valence-corrected chi connectivity index (χ4v) is 3.06. The van der Waals surface area contributed by atoms with Gasteiger partial charge in [0.2, 0.25) is 0 Å². The van der Waals surface area contributed by atoms with Crippen LogP contribution >= 0.6 is 15.9 Å². The van der Waals surface area contributed by atoms with Crippen molar-refractivity contribution in [2.24, 2.45) is 5.92 Å². The maximum Gasteiger partial charge on any atom is 0.161 e. The minimum absolute atomic E-state index is 0.273. The lowest BCUT2D eigenvalue weighted by molar-refractivity contribution is 0.228. The van der Waals surface area contributed by atoms with Gasteiger partial charge in [-0.3, -0.25) is 0 Å². The number of halogens is 1. The molecule has 2 nitrogen and oxygen atoms in total. The monoisotopic (exact) mass is 346 g/mol. The van der Waals surface area contributed by atoms with E-state index in [0.717, 1.165) is 17.9 Å². The van der Waals surface area contributed by atoms with Crippen molar-refractivity contribution in [2.45, 2.75) is 18.2 Å². The molecule has 0 spiro atoms. The Morgan fingerprint density at radius 1 is 1.05 bits per heavy atom. The Morgan fingerprint density at radius 2 is 1.76 bits per heavy atom. The maximum atomic E-state index is 5.86. The summed E-state index contributed by atoms with van der Waals surface area (Å²) in [5.41, 5.74) is 2.54. The van der Waals surface area contributed by atoms with E-state index in [1.807, 2.05) is 12.1 Å². The van der Waals surface area contributed by atoms with Crippen molar-refractivity contribution < 1.29 is 9.47 Å². The van der Waals surface area contributed by atoms with Gasteiger partial charge in [0.15, 0.2) is 11.5 Å². The highest BCUT2D eigenvalue weighted by Crippen LogP contribution is 2.36. The highest BCUT2D eigenvalue weighted by molar-refractivity contribution is 9.09. The molecule has 0 saturated carbocycles. The quantitative estimate of drug-likeness (QED) is 0.745. The number of ether oxygens (including phenoxy) is 2. The van der Waals surface area contributed by atoms with Gasteiger partial charge in [-0.2, -0.15) is 0 Å². The van der Waals surface area contributed by atoms with Crippen LogP contribution in [0.1, 0.15) is 22.9 Å². The molecular weight excluding hydrogens is 328 g/mol. The first-order valence-electron chi connectivity index (χ1n) is 7.30. The van der Waals surface area contributed by atoms with Gasteiger partial charge in [-0.05, 0) is 29.7 Å². The summed E-state index contributed by atoms with van der Waals surface area (Å²) in [6, 6.07) is 16.7. The van der Waals surface area contributed by atoms with Gasteiger partial charge in [0, 0.05) is 10.7 Å². The first kappa shape index (κ1) is 14.5. The number of alkyl halides is 1. The second-order valence-corrected chi connectivity index (χ2v) is 6.70. The van der Waals surface area contributed by atoms with Crippen LogP contribution in [0.25, 0.3) is 0 Å². The SMILES string of the molecule is CC1COc2ccc(C(Br)Cc3ccccc3)cc2OC1. The first-order chi connectivity index (χ1) is 10.2. The minimum Gasteiger partial charge on any atom is -0.489 e. The van der Waals surface area contributed by atoms with Crippen LogP contribution in [0.3, 0.4) is 0 Å². The highest BCUT2D eigenvalue weighted by Gasteiger charge is 2.17. The van der Waals surface area contributed by atoms with Gasteiger partial charge in [-0.25, -0.2) is 0 Å². The molecule has 3 rings (SSSR count). The van der Waals surface area contributed by atoms with Crippen molar-refractivity contribution in [3.63, 3.8) is 0 Å². The molecule has 0 amide bonds. The largest absolute Gasteiger partial charge is 0.489 e. The van der Waals surface area contributed by atoms with Gasteiger partial charge in [0.05, 0.1) is 13.2 Å². The number of hydrogen-bond donors (Lipinski definition) is 0. The Labute approximate surface area is 134 Å². The van der Waals surface area contributed by atoms with E-state index in [2.05, 4.69) is 59.3 Å². The predicted molar refractivity (Wildman–Crippen MR) is 88.4 cm³/mol. The predicted octanol–water partition coefficient (Wildman–Crippen LogP) is 4.77. The summed E-state index contributed by atoms with van der Waals surface area (Å²) in [5, 5.41) is 0. The van der Waals surface area contributed by atoms with E-state index in [-0.39, 0.29) is 4.83 Å². The molecule has 0 fully saturated rings.